The Morgan fingerprint density at radius 3 is 2.33 bits per heavy atom. The minimum atomic E-state index is -2.96. The number of amides is 1. The Balaban J connectivity index is 1.81. The number of carbonyl (C=O) groups is 2. The topological polar surface area (TPSA) is 95.0 Å². The molecule has 1 N–H and O–H groups in total. The second-order valence-electron chi connectivity index (χ2n) is 5.77. The fourth-order valence-corrected chi connectivity index (χ4v) is 4.12. The molecule has 0 bridgehead atoms. The standard InChI is InChI=1S/C13H22N2O5S/c16-12(15-5-2-11(3-6-15)13(17)18)10-14-4-1-8-21(19,20)9-7-14/h11H,1-10H2,(H,17,18). The van der Waals surface area contributed by atoms with Crippen LogP contribution in [0.5, 0.6) is 0 Å². The third kappa shape index (κ3) is 4.67. The van der Waals surface area contributed by atoms with Crippen molar-refractivity contribution in [2.24, 2.45) is 5.92 Å². The number of rotatable bonds is 3. The second kappa shape index (κ2) is 6.74. The van der Waals surface area contributed by atoms with Gasteiger partial charge in [-0.15, -0.1) is 0 Å². The van der Waals surface area contributed by atoms with Crippen molar-refractivity contribution in [2.75, 3.05) is 44.2 Å². The minimum absolute atomic E-state index is 0.0295. The zero-order chi connectivity index (χ0) is 15.5. The maximum Gasteiger partial charge on any atom is 0.306 e. The molecule has 0 aromatic rings. The lowest BCUT2D eigenvalue weighted by molar-refractivity contribution is -0.145. The first kappa shape index (κ1) is 16.2. The largest absolute Gasteiger partial charge is 0.481 e. The fraction of sp³-hybridized carbons (Fsp3) is 0.846. The van der Waals surface area contributed by atoms with Gasteiger partial charge in [-0.3, -0.25) is 14.5 Å². The highest BCUT2D eigenvalue weighted by molar-refractivity contribution is 7.91. The summed E-state index contributed by atoms with van der Waals surface area (Å²) >= 11 is 0. The first-order valence-electron chi connectivity index (χ1n) is 7.31. The van der Waals surface area contributed by atoms with Crippen molar-refractivity contribution in [3.05, 3.63) is 0 Å². The molecule has 2 aliphatic heterocycles. The average molecular weight is 318 g/mol. The van der Waals surface area contributed by atoms with Gasteiger partial charge in [0.2, 0.25) is 5.91 Å². The molecule has 21 heavy (non-hydrogen) atoms. The van der Waals surface area contributed by atoms with E-state index in [9.17, 15) is 18.0 Å². The number of hydrogen-bond donors (Lipinski definition) is 1. The molecule has 2 heterocycles. The molecule has 2 saturated heterocycles. The zero-order valence-corrected chi connectivity index (χ0v) is 12.8. The molecule has 0 unspecified atom stereocenters. The predicted molar refractivity (Wildman–Crippen MR) is 76.7 cm³/mol. The van der Waals surface area contributed by atoms with Crippen LogP contribution in [-0.4, -0.2) is 79.4 Å². The van der Waals surface area contributed by atoms with Gasteiger partial charge < -0.3 is 10.0 Å². The van der Waals surface area contributed by atoms with Gasteiger partial charge in [-0.05, 0) is 25.8 Å². The maximum absolute atomic E-state index is 12.2. The molecular formula is C13H22N2O5S. The molecule has 2 fully saturated rings. The van der Waals surface area contributed by atoms with E-state index in [1.807, 2.05) is 4.90 Å². The van der Waals surface area contributed by atoms with Crippen LogP contribution >= 0.6 is 0 Å². The van der Waals surface area contributed by atoms with Crippen molar-refractivity contribution in [1.29, 1.82) is 0 Å². The van der Waals surface area contributed by atoms with Gasteiger partial charge in [0.25, 0.3) is 0 Å². The average Bonchev–Trinajstić information content (AvgIpc) is 2.60. The summed E-state index contributed by atoms with van der Waals surface area (Å²) in [5.74, 6) is -0.862. The number of nitrogens with zero attached hydrogens (tertiary/aromatic N) is 2. The lowest BCUT2D eigenvalue weighted by atomic mass is 9.97. The van der Waals surface area contributed by atoms with E-state index in [2.05, 4.69) is 0 Å². The molecule has 8 heteroatoms. The molecule has 0 aromatic carbocycles. The van der Waals surface area contributed by atoms with Crippen LogP contribution in [0.4, 0.5) is 0 Å². The number of carboxylic acids is 1. The van der Waals surface area contributed by atoms with E-state index in [0.29, 0.717) is 45.4 Å². The predicted octanol–water partition coefficient (Wildman–Crippen LogP) is -0.570. The number of likely N-dealkylation sites (tertiary alicyclic amines) is 1. The monoisotopic (exact) mass is 318 g/mol. The molecule has 0 spiro atoms. The second-order valence-corrected chi connectivity index (χ2v) is 8.08. The molecule has 7 nitrogen and oxygen atoms in total. The van der Waals surface area contributed by atoms with Crippen LogP contribution in [0.15, 0.2) is 0 Å². The SMILES string of the molecule is O=C(O)C1CCN(C(=O)CN2CCCS(=O)(=O)CC2)CC1. The molecule has 2 aliphatic rings. The number of sulfone groups is 1. The third-order valence-corrected chi connectivity index (χ3v) is 5.92. The van der Waals surface area contributed by atoms with Crippen LogP contribution in [0.1, 0.15) is 19.3 Å². The van der Waals surface area contributed by atoms with E-state index in [0.717, 1.165) is 0 Å². The van der Waals surface area contributed by atoms with Crippen molar-refractivity contribution in [3.8, 4) is 0 Å². The van der Waals surface area contributed by atoms with Crippen LogP contribution < -0.4 is 0 Å². The summed E-state index contributed by atoms with van der Waals surface area (Å²) in [6, 6.07) is 0. The molecule has 0 saturated carbocycles. The lowest BCUT2D eigenvalue weighted by Crippen LogP contribution is -2.45. The molecule has 1 amide bonds. The van der Waals surface area contributed by atoms with Crippen molar-refractivity contribution >= 4 is 21.7 Å². The Morgan fingerprint density at radius 1 is 1.05 bits per heavy atom. The Bertz CT molecular complexity index is 497. The Kier molecular flexibility index (Phi) is 5.21. The van der Waals surface area contributed by atoms with Crippen LogP contribution in [0, 0.1) is 5.92 Å². The molecule has 120 valence electrons. The van der Waals surface area contributed by atoms with Crippen LogP contribution in [0.2, 0.25) is 0 Å². The summed E-state index contributed by atoms with van der Waals surface area (Å²) in [7, 11) is -2.96. The highest BCUT2D eigenvalue weighted by Gasteiger charge is 2.28. The van der Waals surface area contributed by atoms with Gasteiger partial charge in [0.1, 0.15) is 0 Å². The highest BCUT2D eigenvalue weighted by atomic mass is 32.2. The van der Waals surface area contributed by atoms with E-state index in [1.165, 1.54) is 0 Å². The van der Waals surface area contributed by atoms with E-state index < -0.39 is 15.8 Å². The van der Waals surface area contributed by atoms with Gasteiger partial charge in [-0.1, -0.05) is 0 Å². The third-order valence-electron chi connectivity index (χ3n) is 4.20. The van der Waals surface area contributed by atoms with Crippen LogP contribution in [-0.2, 0) is 19.4 Å². The Labute approximate surface area is 124 Å². The zero-order valence-electron chi connectivity index (χ0n) is 12.0. The summed E-state index contributed by atoms with van der Waals surface area (Å²) in [6.45, 7) is 2.20. The van der Waals surface area contributed by atoms with E-state index >= 15 is 0 Å². The molecule has 2 rings (SSSR count). The van der Waals surface area contributed by atoms with E-state index in [4.69, 9.17) is 5.11 Å². The van der Waals surface area contributed by atoms with Crippen LogP contribution in [0.25, 0.3) is 0 Å². The van der Waals surface area contributed by atoms with Crippen LogP contribution in [0.3, 0.4) is 0 Å². The van der Waals surface area contributed by atoms with Crippen molar-refractivity contribution in [2.45, 2.75) is 19.3 Å². The van der Waals surface area contributed by atoms with Crippen molar-refractivity contribution < 1.29 is 23.1 Å². The van der Waals surface area contributed by atoms with Gasteiger partial charge in [-0.25, -0.2) is 8.42 Å². The summed E-state index contributed by atoms with van der Waals surface area (Å²) in [4.78, 5) is 26.7. The van der Waals surface area contributed by atoms with Gasteiger partial charge in [0.15, 0.2) is 9.84 Å². The van der Waals surface area contributed by atoms with Crippen molar-refractivity contribution in [3.63, 3.8) is 0 Å². The summed E-state index contributed by atoms with van der Waals surface area (Å²) in [5.41, 5.74) is 0. The number of carboxylic acid groups (broad SMARTS) is 1. The fourth-order valence-electron chi connectivity index (χ4n) is 2.82. The van der Waals surface area contributed by atoms with Gasteiger partial charge >= 0.3 is 5.97 Å². The molecule has 0 atom stereocenters. The first-order valence-corrected chi connectivity index (χ1v) is 9.13. The lowest BCUT2D eigenvalue weighted by Gasteiger charge is -2.31. The summed E-state index contributed by atoms with van der Waals surface area (Å²) < 4.78 is 23.1. The van der Waals surface area contributed by atoms with Crippen molar-refractivity contribution in [1.82, 2.24) is 9.80 Å². The number of piperidine rings is 1. The Morgan fingerprint density at radius 2 is 1.71 bits per heavy atom. The number of carbonyl (C=O) groups excluding carboxylic acids is 1. The molecule has 0 radical (unpaired) electrons. The van der Waals surface area contributed by atoms with Gasteiger partial charge in [0.05, 0.1) is 24.0 Å². The maximum atomic E-state index is 12.2. The van der Waals surface area contributed by atoms with Gasteiger partial charge in [0, 0.05) is 19.6 Å². The summed E-state index contributed by atoms with van der Waals surface area (Å²) in [5, 5.41) is 8.94. The number of hydrogen-bond acceptors (Lipinski definition) is 5. The van der Waals surface area contributed by atoms with Gasteiger partial charge in [-0.2, -0.15) is 0 Å². The van der Waals surface area contributed by atoms with E-state index in [-0.39, 0.29) is 29.9 Å². The smallest absolute Gasteiger partial charge is 0.306 e. The number of aliphatic carboxylic acids is 1. The Hall–Kier alpha value is -1.15. The molecule has 0 aliphatic carbocycles. The van der Waals surface area contributed by atoms with E-state index in [1.54, 1.807) is 4.90 Å². The minimum Gasteiger partial charge on any atom is -0.481 e. The first-order chi connectivity index (χ1) is 9.87. The normalized spacial score (nSPS) is 24.5. The molecule has 0 aromatic heterocycles. The highest BCUT2D eigenvalue weighted by Crippen LogP contribution is 2.17. The quantitative estimate of drug-likeness (QED) is 0.749. The molecular weight excluding hydrogens is 296 g/mol. The summed E-state index contributed by atoms with van der Waals surface area (Å²) in [6.07, 6.45) is 1.56.